The summed E-state index contributed by atoms with van der Waals surface area (Å²) in [6.07, 6.45) is 1.03. The van der Waals surface area contributed by atoms with Gasteiger partial charge in [-0.2, -0.15) is 0 Å². The van der Waals surface area contributed by atoms with E-state index in [0.29, 0.717) is 6.42 Å². The van der Waals surface area contributed by atoms with Gasteiger partial charge in [0, 0.05) is 0 Å². The maximum absolute atomic E-state index is 10.8. The summed E-state index contributed by atoms with van der Waals surface area (Å²) in [4.78, 5) is 12.6. The zero-order chi connectivity index (χ0) is 8.43. The second-order valence-electron chi connectivity index (χ2n) is 3.04. The molecule has 1 aliphatic rings. The highest BCUT2D eigenvalue weighted by Gasteiger charge is 2.31. The van der Waals surface area contributed by atoms with E-state index in [-0.39, 0.29) is 0 Å². The van der Waals surface area contributed by atoms with E-state index < -0.39 is 18.1 Å². The van der Waals surface area contributed by atoms with E-state index in [9.17, 15) is 9.90 Å². The quantitative estimate of drug-likeness (QED) is 0.510. The van der Waals surface area contributed by atoms with Crippen LogP contribution in [0.5, 0.6) is 0 Å². The number of nitrogens with zero attached hydrogens (tertiary/aromatic N) is 1. The van der Waals surface area contributed by atoms with Crippen molar-refractivity contribution in [3.8, 4) is 0 Å². The molecule has 1 heterocycles. The first-order valence-corrected chi connectivity index (χ1v) is 3.80. The maximum atomic E-state index is 10.8. The van der Waals surface area contributed by atoms with Crippen LogP contribution >= 0.6 is 0 Å². The molecule has 11 heavy (non-hydrogen) atoms. The van der Waals surface area contributed by atoms with Crippen molar-refractivity contribution in [3.63, 3.8) is 0 Å². The first-order valence-electron chi connectivity index (χ1n) is 3.80. The number of rotatable bonds is 1. The molecule has 64 valence electrons. The molecule has 1 rings (SSSR count). The van der Waals surface area contributed by atoms with Crippen LogP contribution in [0.2, 0.25) is 0 Å². The third kappa shape index (κ3) is 1.70. The molecule has 3 N–H and O–H groups in total. The Kier molecular flexibility index (Phi) is 2.46. The minimum atomic E-state index is -0.578. The fourth-order valence-corrected chi connectivity index (χ4v) is 1.55. The van der Waals surface area contributed by atoms with Gasteiger partial charge in [0.2, 0.25) is 5.91 Å². The van der Waals surface area contributed by atoms with Gasteiger partial charge in [-0.3, -0.25) is 9.69 Å². The Bertz CT molecular complexity index is 151. The van der Waals surface area contributed by atoms with Crippen LogP contribution in [-0.4, -0.2) is 41.7 Å². The number of likely N-dealkylation sites (tertiary alicyclic amines) is 1. The number of amides is 1. The molecule has 0 aromatic heterocycles. The van der Waals surface area contributed by atoms with Gasteiger partial charge in [0.25, 0.3) is 0 Å². The number of likely N-dealkylation sites (N-methyl/N-ethyl adjacent to an activating group) is 1. The minimum absolute atomic E-state index is 0.431. The molecule has 0 radical (unpaired) electrons. The first kappa shape index (κ1) is 8.49. The molecule has 4 heteroatoms. The van der Waals surface area contributed by atoms with Gasteiger partial charge < -0.3 is 10.8 Å². The first-order chi connectivity index (χ1) is 5.13. The third-order valence-electron chi connectivity index (χ3n) is 2.14. The molecule has 1 saturated heterocycles. The van der Waals surface area contributed by atoms with Crippen LogP contribution in [-0.2, 0) is 4.79 Å². The molecule has 0 aliphatic carbocycles. The summed E-state index contributed by atoms with van der Waals surface area (Å²) in [6.45, 7) is 0.838. The summed E-state index contributed by atoms with van der Waals surface area (Å²) in [7, 11) is 1.80. The van der Waals surface area contributed by atoms with Crippen molar-refractivity contribution in [3.05, 3.63) is 0 Å². The number of piperidine rings is 1. The zero-order valence-electron chi connectivity index (χ0n) is 6.66. The van der Waals surface area contributed by atoms with E-state index >= 15 is 0 Å². The highest BCUT2D eigenvalue weighted by molar-refractivity contribution is 5.80. The van der Waals surface area contributed by atoms with Gasteiger partial charge in [-0.05, 0) is 26.4 Å². The van der Waals surface area contributed by atoms with E-state index in [1.54, 1.807) is 11.9 Å². The van der Waals surface area contributed by atoms with E-state index in [1.807, 2.05) is 0 Å². The predicted molar refractivity (Wildman–Crippen MR) is 40.9 cm³/mol. The highest BCUT2D eigenvalue weighted by atomic mass is 16.3. The molecule has 1 aliphatic heterocycles. The fraction of sp³-hybridized carbons (Fsp3) is 0.857. The number of hydrogen-bond donors (Lipinski definition) is 2. The Hall–Kier alpha value is -0.610. The average molecular weight is 158 g/mol. The number of primary amides is 1. The van der Waals surface area contributed by atoms with Crippen LogP contribution in [0.4, 0.5) is 0 Å². The molecule has 0 spiro atoms. The van der Waals surface area contributed by atoms with Crippen LogP contribution in [0.25, 0.3) is 0 Å². The van der Waals surface area contributed by atoms with Crippen molar-refractivity contribution < 1.29 is 9.90 Å². The third-order valence-corrected chi connectivity index (χ3v) is 2.14. The van der Waals surface area contributed by atoms with Gasteiger partial charge in [-0.25, -0.2) is 0 Å². The molecule has 0 saturated carbocycles. The summed E-state index contributed by atoms with van der Waals surface area (Å²) < 4.78 is 0. The number of aliphatic hydroxyl groups excluding tert-OH is 1. The van der Waals surface area contributed by atoms with E-state index in [4.69, 9.17) is 5.73 Å². The second-order valence-corrected chi connectivity index (χ2v) is 3.04. The van der Waals surface area contributed by atoms with Crippen molar-refractivity contribution in [2.75, 3.05) is 13.6 Å². The monoisotopic (exact) mass is 158 g/mol. The van der Waals surface area contributed by atoms with E-state index in [0.717, 1.165) is 13.0 Å². The molecule has 2 unspecified atom stereocenters. The number of carbonyl (C=O) groups is 1. The molecule has 1 fully saturated rings. The fourth-order valence-electron chi connectivity index (χ4n) is 1.55. The second kappa shape index (κ2) is 3.19. The summed E-state index contributed by atoms with van der Waals surface area (Å²) in [5, 5.41) is 9.37. The van der Waals surface area contributed by atoms with Gasteiger partial charge in [-0.1, -0.05) is 0 Å². The number of nitrogens with two attached hydrogens (primary N) is 1. The van der Waals surface area contributed by atoms with Gasteiger partial charge in [0.1, 0.15) is 6.04 Å². The van der Waals surface area contributed by atoms with Crippen LogP contribution in [0.1, 0.15) is 12.8 Å². The average Bonchev–Trinajstić information content (AvgIpc) is 1.85. The Morgan fingerprint density at radius 3 is 2.73 bits per heavy atom. The van der Waals surface area contributed by atoms with Crippen molar-refractivity contribution in [1.29, 1.82) is 0 Å². The molecule has 1 amide bonds. The van der Waals surface area contributed by atoms with Crippen LogP contribution in [0.15, 0.2) is 0 Å². The standard InChI is InChI=1S/C7H14N2O2/c1-9-4-2-3-5(10)6(9)7(8)11/h5-6,10H,2-4H2,1H3,(H2,8,11). The highest BCUT2D eigenvalue weighted by Crippen LogP contribution is 2.14. The minimum Gasteiger partial charge on any atom is -0.391 e. The zero-order valence-corrected chi connectivity index (χ0v) is 6.66. The molecular formula is C7H14N2O2. The molecule has 4 nitrogen and oxygen atoms in total. The van der Waals surface area contributed by atoms with Gasteiger partial charge in [0.05, 0.1) is 6.10 Å². The largest absolute Gasteiger partial charge is 0.391 e. The predicted octanol–water partition coefficient (Wildman–Crippen LogP) is -1.07. The van der Waals surface area contributed by atoms with Crippen molar-refractivity contribution >= 4 is 5.91 Å². The molecule has 0 aromatic carbocycles. The number of aliphatic hydroxyl groups is 1. The molecule has 2 atom stereocenters. The topological polar surface area (TPSA) is 66.6 Å². The normalized spacial score (nSPS) is 33.6. The summed E-state index contributed by atoms with van der Waals surface area (Å²) in [6, 6.07) is -0.483. The van der Waals surface area contributed by atoms with Crippen molar-refractivity contribution in [1.82, 2.24) is 4.90 Å². The summed E-state index contributed by atoms with van der Waals surface area (Å²) in [5.41, 5.74) is 5.11. The van der Waals surface area contributed by atoms with Gasteiger partial charge in [0.15, 0.2) is 0 Å². The van der Waals surface area contributed by atoms with Crippen molar-refractivity contribution in [2.24, 2.45) is 5.73 Å². The SMILES string of the molecule is CN1CCCC(O)C1C(N)=O. The number of carbonyl (C=O) groups excluding carboxylic acids is 1. The summed E-state index contributed by atoms with van der Waals surface area (Å²) >= 11 is 0. The Morgan fingerprint density at radius 2 is 2.36 bits per heavy atom. The lowest BCUT2D eigenvalue weighted by atomic mass is 9.99. The molecule has 0 bridgehead atoms. The molecule has 0 aromatic rings. The van der Waals surface area contributed by atoms with Crippen molar-refractivity contribution in [2.45, 2.75) is 25.0 Å². The van der Waals surface area contributed by atoms with Crippen LogP contribution in [0.3, 0.4) is 0 Å². The lowest BCUT2D eigenvalue weighted by Crippen LogP contribution is -2.53. The molecular weight excluding hydrogens is 144 g/mol. The maximum Gasteiger partial charge on any atom is 0.237 e. The van der Waals surface area contributed by atoms with E-state index in [2.05, 4.69) is 0 Å². The smallest absolute Gasteiger partial charge is 0.237 e. The summed E-state index contributed by atoms with van der Waals surface area (Å²) in [5.74, 6) is -0.431. The Morgan fingerprint density at radius 1 is 1.73 bits per heavy atom. The number of hydrogen-bond acceptors (Lipinski definition) is 3. The Balaban J connectivity index is 2.62. The van der Waals surface area contributed by atoms with Gasteiger partial charge >= 0.3 is 0 Å². The van der Waals surface area contributed by atoms with Crippen LogP contribution in [0, 0.1) is 0 Å². The Labute approximate surface area is 66.0 Å². The lowest BCUT2D eigenvalue weighted by molar-refractivity contribution is -0.128. The van der Waals surface area contributed by atoms with E-state index in [1.165, 1.54) is 0 Å². The lowest BCUT2D eigenvalue weighted by Gasteiger charge is -2.33. The van der Waals surface area contributed by atoms with Gasteiger partial charge in [-0.15, -0.1) is 0 Å². The van der Waals surface area contributed by atoms with Crippen LogP contribution < -0.4 is 5.73 Å².